The van der Waals surface area contributed by atoms with Gasteiger partial charge in [-0.3, -0.25) is 4.79 Å². The molecule has 6 heteroatoms. The number of hydrogen-bond acceptors (Lipinski definition) is 5. The summed E-state index contributed by atoms with van der Waals surface area (Å²) in [5, 5.41) is 5.13. The highest BCUT2D eigenvalue weighted by atomic mass is 16.5. The molecule has 5 aromatic rings. The molecule has 1 heterocycles. The van der Waals surface area contributed by atoms with Crippen LogP contribution in [0, 0.1) is 0 Å². The Hall–Kier alpha value is -4.71. The number of benzene rings is 4. The summed E-state index contributed by atoms with van der Waals surface area (Å²) in [5.41, 5.74) is 4.04. The van der Waals surface area contributed by atoms with Crippen LogP contribution >= 0.6 is 0 Å². The molecule has 0 radical (unpaired) electrons. The Morgan fingerprint density at radius 3 is 2.33 bits per heavy atom. The first-order chi connectivity index (χ1) is 17.6. The van der Waals surface area contributed by atoms with Crippen LogP contribution in [0.1, 0.15) is 11.1 Å². The van der Waals surface area contributed by atoms with Gasteiger partial charge in [-0.05, 0) is 29.8 Å². The van der Waals surface area contributed by atoms with Gasteiger partial charge < -0.3 is 9.64 Å². The second-order valence-electron chi connectivity index (χ2n) is 8.57. The van der Waals surface area contributed by atoms with Gasteiger partial charge in [0.25, 0.3) is 5.56 Å². The van der Waals surface area contributed by atoms with Crippen LogP contribution in [0.2, 0.25) is 0 Å². The summed E-state index contributed by atoms with van der Waals surface area (Å²) in [5.74, 6) is 1.16. The van der Waals surface area contributed by atoms with E-state index in [9.17, 15) is 4.79 Å². The maximum atomic E-state index is 13.5. The zero-order chi connectivity index (χ0) is 24.9. The Morgan fingerprint density at radius 2 is 1.58 bits per heavy atom. The third-order valence-corrected chi connectivity index (χ3v) is 5.85. The molecule has 36 heavy (non-hydrogen) atoms. The standard InChI is InChI=1S/C30H26N4O2/c1-33(2)25-18-17-24(28(19-25)36-21-22-11-5-3-6-12-22)20-31-34-29(23-13-7-4-8-14-23)32-27-16-10-9-15-26(27)30(34)35/h3-20H,21H2,1-2H3. The summed E-state index contributed by atoms with van der Waals surface area (Å²) in [6.45, 7) is 0.422. The summed E-state index contributed by atoms with van der Waals surface area (Å²) >= 11 is 0. The Bertz CT molecular complexity index is 1580. The molecule has 0 atom stereocenters. The van der Waals surface area contributed by atoms with Gasteiger partial charge in [0.2, 0.25) is 0 Å². The number of hydrogen-bond donors (Lipinski definition) is 0. The predicted octanol–water partition coefficient (Wildman–Crippen LogP) is 5.59. The highest BCUT2D eigenvalue weighted by Crippen LogP contribution is 2.25. The van der Waals surface area contributed by atoms with Gasteiger partial charge in [0.05, 0.1) is 17.1 Å². The fourth-order valence-electron chi connectivity index (χ4n) is 3.89. The van der Waals surface area contributed by atoms with Crippen LogP contribution < -0.4 is 15.2 Å². The smallest absolute Gasteiger partial charge is 0.282 e. The molecule has 0 saturated carbocycles. The summed E-state index contributed by atoms with van der Waals surface area (Å²) < 4.78 is 7.56. The topological polar surface area (TPSA) is 59.7 Å². The van der Waals surface area contributed by atoms with Gasteiger partial charge >= 0.3 is 0 Å². The lowest BCUT2D eigenvalue weighted by atomic mass is 10.1. The maximum absolute atomic E-state index is 13.5. The first-order valence-electron chi connectivity index (χ1n) is 11.7. The third-order valence-electron chi connectivity index (χ3n) is 5.85. The van der Waals surface area contributed by atoms with E-state index in [0.717, 1.165) is 22.4 Å². The Kier molecular flexibility index (Phi) is 6.58. The van der Waals surface area contributed by atoms with Gasteiger partial charge in [-0.2, -0.15) is 9.78 Å². The highest BCUT2D eigenvalue weighted by Gasteiger charge is 2.13. The van der Waals surface area contributed by atoms with Gasteiger partial charge in [-0.25, -0.2) is 4.98 Å². The average molecular weight is 475 g/mol. The molecule has 6 nitrogen and oxygen atoms in total. The molecule has 0 fully saturated rings. The zero-order valence-corrected chi connectivity index (χ0v) is 20.2. The minimum absolute atomic E-state index is 0.229. The zero-order valence-electron chi connectivity index (χ0n) is 20.2. The van der Waals surface area contributed by atoms with E-state index >= 15 is 0 Å². The van der Waals surface area contributed by atoms with Gasteiger partial charge in [0.1, 0.15) is 12.4 Å². The van der Waals surface area contributed by atoms with E-state index in [4.69, 9.17) is 9.72 Å². The van der Waals surface area contributed by atoms with Crippen molar-refractivity contribution >= 4 is 22.8 Å². The van der Waals surface area contributed by atoms with E-state index in [-0.39, 0.29) is 5.56 Å². The second-order valence-corrected chi connectivity index (χ2v) is 8.57. The fourth-order valence-corrected chi connectivity index (χ4v) is 3.89. The van der Waals surface area contributed by atoms with Crippen LogP contribution in [0.4, 0.5) is 5.69 Å². The number of rotatable bonds is 7. The van der Waals surface area contributed by atoms with Crippen molar-refractivity contribution in [3.05, 3.63) is 125 Å². The van der Waals surface area contributed by atoms with Crippen molar-refractivity contribution in [3.63, 3.8) is 0 Å². The molecule has 1 aromatic heterocycles. The number of ether oxygens (including phenoxy) is 1. The lowest BCUT2D eigenvalue weighted by Gasteiger charge is -2.16. The van der Waals surface area contributed by atoms with Crippen molar-refractivity contribution < 1.29 is 4.74 Å². The van der Waals surface area contributed by atoms with E-state index in [0.29, 0.717) is 29.1 Å². The minimum Gasteiger partial charge on any atom is -0.488 e. The lowest BCUT2D eigenvalue weighted by molar-refractivity contribution is 0.306. The summed E-state index contributed by atoms with van der Waals surface area (Å²) in [4.78, 5) is 20.2. The number of aromatic nitrogens is 2. The molecule has 0 unspecified atom stereocenters. The van der Waals surface area contributed by atoms with Crippen molar-refractivity contribution in [1.29, 1.82) is 0 Å². The highest BCUT2D eigenvalue weighted by molar-refractivity contribution is 5.85. The van der Waals surface area contributed by atoms with Crippen molar-refractivity contribution in [3.8, 4) is 17.1 Å². The normalized spacial score (nSPS) is 11.2. The number of fused-ring (bicyclic) bond motifs is 1. The largest absolute Gasteiger partial charge is 0.488 e. The quantitative estimate of drug-likeness (QED) is 0.289. The van der Waals surface area contributed by atoms with Gasteiger partial charge in [-0.1, -0.05) is 72.8 Å². The van der Waals surface area contributed by atoms with E-state index in [1.165, 1.54) is 4.68 Å². The summed E-state index contributed by atoms with van der Waals surface area (Å²) in [7, 11) is 3.97. The van der Waals surface area contributed by atoms with Crippen LogP contribution in [0.3, 0.4) is 0 Å². The molecule has 4 aromatic carbocycles. The van der Waals surface area contributed by atoms with E-state index in [1.807, 2.05) is 116 Å². The van der Waals surface area contributed by atoms with Crippen molar-refractivity contribution in [2.75, 3.05) is 19.0 Å². The molecule has 0 bridgehead atoms. The molecule has 178 valence electrons. The van der Waals surface area contributed by atoms with E-state index in [1.54, 1.807) is 12.3 Å². The molecule has 0 aliphatic heterocycles. The molecule has 0 aliphatic rings. The van der Waals surface area contributed by atoms with Gasteiger partial charge in [0, 0.05) is 37.0 Å². The molecule has 0 N–H and O–H groups in total. The van der Waals surface area contributed by atoms with Gasteiger partial charge in [-0.15, -0.1) is 0 Å². The molecule has 0 spiro atoms. The summed E-state index contributed by atoms with van der Waals surface area (Å²) in [6.07, 6.45) is 1.66. The Morgan fingerprint density at radius 1 is 0.889 bits per heavy atom. The van der Waals surface area contributed by atoms with Crippen molar-refractivity contribution in [2.45, 2.75) is 6.61 Å². The number of anilines is 1. The molecular formula is C30H26N4O2. The third kappa shape index (κ3) is 4.88. The van der Waals surface area contributed by atoms with Crippen LogP contribution in [-0.2, 0) is 6.61 Å². The molecule has 0 amide bonds. The second kappa shape index (κ2) is 10.3. The van der Waals surface area contributed by atoms with Crippen LogP contribution in [0.5, 0.6) is 5.75 Å². The first kappa shape index (κ1) is 23.1. The van der Waals surface area contributed by atoms with E-state index in [2.05, 4.69) is 5.10 Å². The number of nitrogens with zero attached hydrogens (tertiary/aromatic N) is 4. The van der Waals surface area contributed by atoms with Crippen molar-refractivity contribution in [1.82, 2.24) is 9.66 Å². The molecule has 0 saturated heterocycles. The van der Waals surface area contributed by atoms with Crippen LogP contribution in [0.25, 0.3) is 22.3 Å². The lowest BCUT2D eigenvalue weighted by Crippen LogP contribution is -2.20. The van der Waals surface area contributed by atoms with Crippen LogP contribution in [0.15, 0.2) is 113 Å². The molecule has 0 aliphatic carbocycles. The SMILES string of the molecule is CN(C)c1ccc(C=Nn2c(-c3ccccc3)nc3ccccc3c2=O)c(OCc2ccccc2)c1. The Balaban J connectivity index is 1.59. The molecular weight excluding hydrogens is 448 g/mol. The van der Waals surface area contributed by atoms with E-state index < -0.39 is 0 Å². The van der Waals surface area contributed by atoms with Gasteiger partial charge in [0.15, 0.2) is 5.82 Å². The number of para-hydroxylation sites is 1. The minimum atomic E-state index is -0.229. The van der Waals surface area contributed by atoms with Crippen molar-refractivity contribution in [2.24, 2.45) is 5.10 Å². The first-order valence-corrected chi connectivity index (χ1v) is 11.7. The fraction of sp³-hybridized carbons (Fsp3) is 0.100. The average Bonchev–Trinajstić information content (AvgIpc) is 2.92. The maximum Gasteiger partial charge on any atom is 0.282 e. The molecule has 5 rings (SSSR count). The predicted molar refractivity (Wildman–Crippen MR) is 146 cm³/mol. The summed E-state index contributed by atoms with van der Waals surface area (Å²) in [6, 6.07) is 32.8. The monoisotopic (exact) mass is 474 g/mol. The Labute approximate surface area is 209 Å². The van der Waals surface area contributed by atoms with Crippen LogP contribution in [-0.4, -0.2) is 30.0 Å².